The Hall–Kier alpha value is -2.08. The molecular weight excluding hydrogens is 360 g/mol. The van der Waals surface area contributed by atoms with Crippen LogP contribution in [0.3, 0.4) is 0 Å². The van der Waals surface area contributed by atoms with Crippen LogP contribution in [0.4, 0.5) is 5.69 Å². The van der Waals surface area contributed by atoms with Gasteiger partial charge in [-0.05, 0) is 30.7 Å². The largest absolute Gasteiger partial charge is 0.368 e. The highest BCUT2D eigenvalue weighted by Crippen LogP contribution is 2.28. The molecule has 2 unspecified atom stereocenters. The number of rotatable bonds is 3. The monoisotopic (exact) mass is 384 g/mol. The Morgan fingerprint density at radius 1 is 1.07 bits per heavy atom. The highest BCUT2D eigenvalue weighted by Gasteiger charge is 2.37. The molecule has 0 bridgehead atoms. The van der Waals surface area contributed by atoms with Crippen molar-refractivity contribution in [3.63, 3.8) is 0 Å². The number of carbonyl (C=O) groups excluding carboxylic acids is 1. The minimum Gasteiger partial charge on any atom is -0.368 e. The Bertz CT molecular complexity index is 802. The highest BCUT2D eigenvalue weighted by molar-refractivity contribution is 6.30. The molecule has 2 aromatic rings. The molecule has 2 saturated heterocycles. The second kappa shape index (κ2) is 7.89. The topological polar surface area (TPSA) is 47.6 Å². The standard InChI is InChI=1S/C21H25ClN4O/c1-15-5-7-16(8-6-15)20-19(14-23-24-20)21(27)26-11-9-25(10-12-26)18-4-2-3-17(22)13-18/h2-8,13,19-20,23-24H,9-12,14H2,1H3. The second-order valence-electron chi connectivity index (χ2n) is 7.31. The minimum absolute atomic E-state index is 0.0176. The van der Waals surface area contributed by atoms with Gasteiger partial charge in [-0.25, -0.2) is 5.43 Å². The summed E-state index contributed by atoms with van der Waals surface area (Å²) in [6.45, 7) is 5.87. The van der Waals surface area contributed by atoms with Crippen LogP contribution in [0.1, 0.15) is 17.2 Å². The fourth-order valence-electron chi connectivity index (χ4n) is 3.91. The van der Waals surface area contributed by atoms with Crippen molar-refractivity contribution in [3.8, 4) is 0 Å². The van der Waals surface area contributed by atoms with Crippen LogP contribution in [0.2, 0.25) is 5.02 Å². The number of piperazine rings is 1. The van der Waals surface area contributed by atoms with Crippen LogP contribution in [0, 0.1) is 12.8 Å². The summed E-state index contributed by atoms with van der Waals surface area (Å²) in [6, 6.07) is 16.3. The maximum absolute atomic E-state index is 13.2. The molecule has 0 radical (unpaired) electrons. The molecule has 2 fully saturated rings. The summed E-state index contributed by atoms with van der Waals surface area (Å²) in [5.74, 6) is 0.147. The molecule has 0 aliphatic carbocycles. The van der Waals surface area contributed by atoms with E-state index in [0.717, 1.165) is 42.5 Å². The third kappa shape index (κ3) is 3.95. The van der Waals surface area contributed by atoms with Gasteiger partial charge in [-0.1, -0.05) is 47.5 Å². The van der Waals surface area contributed by atoms with Crippen molar-refractivity contribution in [1.29, 1.82) is 0 Å². The van der Waals surface area contributed by atoms with Crippen molar-refractivity contribution in [1.82, 2.24) is 15.8 Å². The summed E-state index contributed by atoms with van der Waals surface area (Å²) in [6.07, 6.45) is 0. The zero-order chi connectivity index (χ0) is 18.8. The summed E-state index contributed by atoms with van der Waals surface area (Å²) < 4.78 is 0. The first-order valence-electron chi connectivity index (χ1n) is 9.46. The predicted molar refractivity (Wildman–Crippen MR) is 109 cm³/mol. The molecule has 142 valence electrons. The van der Waals surface area contributed by atoms with E-state index in [1.807, 2.05) is 23.1 Å². The van der Waals surface area contributed by atoms with E-state index in [0.29, 0.717) is 6.54 Å². The zero-order valence-corrected chi connectivity index (χ0v) is 16.2. The maximum Gasteiger partial charge on any atom is 0.229 e. The van der Waals surface area contributed by atoms with Gasteiger partial charge in [-0.3, -0.25) is 10.2 Å². The first-order chi connectivity index (χ1) is 13.1. The van der Waals surface area contributed by atoms with E-state index in [-0.39, 0.29) is 17.9 Å². The number of hydrogen-bond acceptors (Lipinski definition) is 4. The Balaban J connectivity index is 1.40. The van der Waals surface area contributed by atoms with E-state index in [9.17, 15) is 4.79 Å². The molecular formula is C21H25ClN4O. The van der Waals surface area contributed by atoms with Gasteiger partial charge < -0.3 is 9.80 Å². The molecule has 2 aliphatic rings. The molecule has 1 amide bonds. The van der Waals surface area contributed by atoms with E-state index >= 15 is 0 Å². The Morgan fingerprint density at radius 2 is 1.81 bits per heavy atom. The molecule has 6 heteroatoms. The van der Waals surface area contributed by atoms with Gasteiger partial charge >= 0.3 is 0 Å². The van der Waals surface area contributed by atoms with Crippen LogP contribution in [0.15, 0.2) is 48.5 Å². The fraction of sp³-hybridized carbons (Fsp3) is 0.381. The van der Waals surface area contributed by atoms with Gasteiger partial charge in [0.05, 0.1) is 12.0 Å². The number of amides is 1. The second-order valence-corrected chi connectivity index (χ2v) is 7.75. The van der Waals surface area contributed by atoms with Crippen LogP contribution in [0.25, 0.3) is 0 Å². The van der Waals surface area contributed by atoms with Crippen molar-refractivity contribution in [2.45, 2.75) is 13.0 Å². The maximum atomic E-state index is 13.2. The number of benzene rings is 2. The first kappa shape index (κ1) is 18.3. The van der Waals surface area contributed by atoms with Gasteiger partial charge in [0, 0.05) is 43.4 Å². The lowest BCUT2D eigenvalue weighted by atomic mass is 9.93. The number of hydrogen-bond donors (Lipinski definition) is 2. The molecule has 2 heterocycles. The molecule has 0 saturated carbocycles. The SMILES string of the molecule is Cc1ccc(C2NNCC2C(=O)N2CCN(c3cccc(Cl)c3)CC2)cc1. The van der Waals surface area contributed by atoms with E-state index in [1.54, 1.807) is 0 Å². The van der Waals surface area contributed by atoms with Gasteiger partial charge in [0.15, 0.2) is 0 Å². The number of carbonyl (C=O) groups is 1. The smallest absolute Gasteiger partial charge is 0.229 e. The van der Waals surface area contributed by atoms with Crippen molar-refractivity contribution in [3.05, 3.63) is 64.7 Å². The van der Waals surface area contributed by atoms with E-state index in [1.165, 1.54) is 5.56 Å². The Kier molecular flexibility index (Phi) is 5.34. The summed E-state index contributed by atoms with van der Waals surface area (Å²) in [4.78, 5) is 17.4. The summed E-state index contributed by atoms with van der Waals surface area (Å²) in [5, 5.41) is 0.745. The lowest BCUT2D eigenvalue weighted by Gasteiger charge is -2.37. The van der Waals surface area contributed by atoms with Gasteiger partial charge in [0.25, 0.3) is 0 Å². The number of anilines is 1. The van der Waals surface area contributed by atoms with Crippen LogP contribution in [0.5, 0.6) is 0 Å². The molecule has 0 spiro atoms. The minimum atomic E-state index is -0.0783. The third-order valence-electron chi connectivity index (χ3n) is 5.50. The van der Waals surface area contributed by atoms with Crippen LogP contribution < -0.4 is 15.8 Å². The number of halogens is 1. The molecule has 27 heavy (non-hydrogen) atoms. The lowest BCUT2D eigenvalue weighted by molar-refractivity contribution is -0.135. The van der Waals surface area contributed by atoms with Crippen LogP contribution in [-0.4, -0.2) is 43.5 Å². The Labute approximate surface area is 165 Å². The van der Waals surface area contributed by atoms with Crippen molar-refractivity contribution in [2.75, 3.05) is 37.6 Å². The molecule has 5 nitrogen and oxygen atoms in total. The van der Waals surface area contributed by atoms with Crippen molar-refractivity contribution in [2.24, 2.45) is 5.92 Å². The lowest BCUT2D eigenvalue weighted by Crippen LogP contribution is -2.51. The molecule has 2 N–H and O–H groups in total. The summed E-state index contributed by atoms with van der Waals surface area (Å²) >= 11 is 6.11. The third-order valence-corrected chi connectivity index (χ3v) is 5.74. The molecule has 0 aromatic heterocycles. The Morgan fingerprint density at radius 3 is 2.52 bits per heavy atom. The summed E-state index contributed by atoms with van der Waals surface area (Å²) in [5.41, 5.74) is 9.96. The number of aryl methyl sites for hydroxylation is 1. The molecule has 4 rings (SSSR count). The quantitative estimate of drug-likeness (QED) is 0.854. The molecule has 2 aromatic carbocycles. The van der Waals surface area contributed by atoms with Crippen molar-refractivity contribution >= 4 is 23.2 Å². The predicted octanol–water partition coefficient (Wildman–Crippen LogP) is 2.76. The van der Waals surface area contributed by atoms with E-state index < -0.39 is 0 Å². The fourth-order valence-corrected chi connectivity index (χ4v) is 4.09. The van der Waals surface area contributed by atoms with Gasteiger partial charge in [-0.15, -0.1) is 0 Å². The van der Waals surface area contributed by atoms with Gasteiger partial charge in [0.1, 0.15) is 0 Å². The number of nitrogens with zero attached hydrogens (tertiary/aromatic N) is 2. The van der Waals surface area contributed by atoms with E-state index in [2.05, 4.69) is 53.0 Å². The average molecular weight is 385 g/mol. The van der Waals surface area contributed by atoms with Crippen LogP contribution in [-0.2, 0) is 4.79 Å². The molecule has 2 aliphatic heterocycles. The number of nitrogens with one attached hydrogen (secondary N) is 2. The van der Waals surface area contributed by atoms with Gasteiger partial charge in [-0.2, -0.15) is 0 Å². The van der Waals surface area contributed by atoms with Gasteiger partial charge in [0.2, 0.25) is 5.91 Å². The molecule has 2 atom stereocenters. The normalized spacial score (nSPS) is 22.9. The average Bonchev–Trinajstić information content (AvgIpc) is 3.18. The zero-order valence-electron chi connectivity index (χ0n) is 15.5. The van der Waals surface area contributed by atoms with Crippen LogP contribution >= 0.6 is 11.6 Å². The highest BCUT2D eigenvalue weighted by atomic mass is 35.5. The summed E-state index contributed by atoms with van der Waals surface area (Å²) in [7, 11) is 0. The first-order valence-corrected chi connectivity index (χ1v) is 9.84. The number of hydrazine groups is 1. The van der Waals surface area contributed by atoms with Crippen molar-refractivity contribution < 1.29 is 4.79 Å². The van der Waals surface area contributed by atoms with E-state index in [4.69, 9.17) is 11.6 Å².